The Morgan fingerprint density at radius 2 is 1.34 bits per heavy atom. The normalized spacial score (nSPS) is 10.3. The molecule has 0 saturated heterocycles. The van der Waals surface area contributed by atoms with Crippen LogP contribution >= 0.6 is 0 Å². The number of anilines is 2. The number of carbonyl (C=O) groups is 2. The molecule has 0 aliphatic heterocycles. The first-order chi connectivity index (χ1) is 14.1. The van der Waals surface area contributed by atoms with E-state index in [9.17, 15) is 9.59 Å². The lowest BCUT2D eigenvalue weighted by molar-refractivity contribution is 0.101. The predicted octanol–water partition coefficient (Wildman–Crippen LogP) is 4.35. The van der Waals surface area contributed by atoms with Crippen LogP contribution in [0.1, 0.15) is 26.3 Å². The van der Waals surface area contributed by atoms with Crippen molar-refractivity contribution in [3.63, 3.8) is 0 Å². The molecule has 0 heterocycles. The molecule has 2 N–H and O–H groups in total. The van der Waals surface area contributed by atoms with Crippen molar-refractivity contribution < 1.29 is 19.1 Å². The molecule has 6 heteroatoms. The van der Waals surface area contributed by atoms with Crippen LogP contribution in [-0.2, 0) is 11.3 Å². The van der Waals surface area contributed by atoms with Gasteiger partial charge in [0.15, 0.2) is 0 Å². The minimum absolute atomic E-state index is 0.224. The van der Waals surface area contributed by atoms with E-state index in [0.717, 1.165) is 11.3 Å². The summed E-state index contributed by atoms with van der Waals surface area (Å²) in [5, 5.41) is 5.65. The maximum Gasteiger partial charge on any atom is 0.255 e. The second-order valence-electron chi connectivity index (χ2n) is 6.35. The van der Waals surface area contributed by atoms with Crippen LogP contribution in [0.4, 0.5) is 11.4 Å². The second kappa shape index (κ2) is 9.52. The molecule has 0 aromatic heterocycles. The molecule has 0 atom stereocenters. The highest BCUT2D eigenvalue weighted by atomic mass is 16.5. The summed E-state index contributed by atoms with van der Waals surface area (Å²) in [6.45, 7) is 0.444. The first kappa shape index (κ1) is 20.1. The van der Waals surface area contributed by atoms with Gasteiger partial charge in [0.25, 0.3) is 11.8 Å². The van der Waals surface area contributed by atoms with Gasteiger partial charge in [0.2, 0.25) is 0 Å². The fraction of sp³-hybridized carbons (Fsp3) is 0.130. The van der Waals surface area contributed by atoms with E-state index < -0.39 is 0 Å². The average molecular weight is 390 g/mol. The molecule has 3 aromatic carbocycles. The van der Waals surface area contributed by atoms with Gasteiger partial charge in [-0.2, -0.15) is 0 Å². The van der Waals surface area contributed by atoms with Crippen LogP contribution in [0.2, 0.25) is 0 Å². The van der Waals surface area contributed by atoms with Gasteiger partial charge < -0.3 is 20.1 Å². The molecule has 3 rings (SSSR count). The Kier molecular flexibility index (Phi) is 6.60. The molecule has 29 heavy (non-hydrogen) atoms. The van der Waals surface area contributed by atoms with Gasteiger partial charge in [-0.1, -0.05) is 12.1 Å². The molecule has 0 aliphatic rings. The molecule has 0 bridgehead atoms. The number of hydrogen-bond acceptors (Lipinski definition) is 4. The Labute approximate surface area is 169 Å². The molecular formula is C23H22N2O4. The first-order valence-corrected chi connectivity index (χ1v) is 9.04. The predicted molar refractivity (Wildman–Crippen MR) is 112 cm³/mol. The van der Waals surface area contributed by atoms with Crippen LogP contribution in [0.25, 0.3) is 0 Å². The minimum Gasteiger partial charge on any atom is -0.497 e. The van der Waals surface area contributed by atoms with E-state index in [1.54, 1.807) is 74.9 Å². The van der Waals surface area contributed by atoms with Gasteiger partial charge in [-0.05, 0) is 66.2 Å². The molecule has 0 saturated carbocycles. The van der Waals surface area contributed by atoms with Crippen LogP contribution in [0, 0.1) is 0 Å². The Balaban J connectivity index is 1.62. The van der Waals surface area contributed by atoms with Gasteiger partial charge in [0.05, 0.1) is 13.7 Å². The van der Waals surface area contributed by atoms with Crippen LogP contribution < -0.4 is 15.4 Å². The summed E-state index contributed by atoms with van der Waals surface area (Å²) >= 11 is 0. The van der Waals surface area contributed by atoms with Gasteiger partial charge in [0.1, 0.15) is 5.75 Å². The number of hydrogen-bond donors (Lipinski definition) is 2. The zero-order valence-electron chi connectivity index (χ0n) is 16.3. The van der Waals surface area contributed by atoms with Gasteiger partial charge in [-0.3, -0.25) is 9.59 Å². The summed E-state index contributed by atoms with van der Waals surface area (Å²) in [7, 11) is 3.20. The lowest BCUT2D eigenvalue weighted by Crippen LogP contribution is -2.14. The summed E-state index contributed by atoms with van der Waals surface area (Å²) in [4.78, 5) is 24.8. The Bertz CT molecular complexity index is 983. The van der Waals surface area contributed by atoms with Gasteiger partial charge in [-0.15, -0.1) is 0 Å². The number of benzene rings is 3. The quantitative estimate of drug-likeness (QED) is 0.629. The van der Waals surface area contributed by atoms with Crippen LogP contribution in [0.3, 0.4) is 0 Å². The molecule has 2 amide bonds. The SMILES string of the molecule is COCc1cccc(C(=O)Nc2ccc(C(=O)Nc3ccc(OC)cc3)cc2)c1. The standard InChI is InChI=1S/C23H22N2O4/c1-28-15-16-4-3-5-18(14-16)23(27)25-19-8-6-17(7-9-19)22(26)24-20-10-12-21(29-2)13-11-20/h3-14H,15H2,1-2H3,(H,24,26)(H,25,27). The maximum absolute atomic E-state index is 12.4. The highest BCUT2D eigenvalue weighted by Gasteiger charge is 2.09. The highest BCUT2D eigenvalue weighted by molar-refractivity contribution is 6.06. The summed E-state index contributed by atoms with van der Waals surface area (Å²) < 4.78 is 10.2. The van der Waals surface area contributed by atoms with Crippen molar-refractivity contribution in [3.05, 3.63) is 89.5 Å². The zero-order chi connectivity index (χ0) is 20.6. The zero-order valence-corrected chi connectivity index (χ0v) is 16.3. The van der Waals surface area contributed by atoms with Crippen molar-refractivity contribution in [2.24, 2.45) is 0 Å². The van der Waals surface area contributed by atoms with Crippen LogP contribution in [-0.4, -0.2) is 26.0 Å². The third-order valence-electron chi connectivity index (χ3n) is 4.25. The molecular weight excluding hydrogens is 368 g/mol. The van der Waals surface area contributed by atoms with Gasteiger partial charge >= 0.3 is 0 Å². The second-order valence-corrected chi connectivity index (χ2v) is 6.35. The lowest BCUT2D eigenvalue weighted by Gasteiger charge is -2.09. The summed E-state index contributed by atoms with van der Waals surface area (Å²) in [5.74, 6) is 0.259. The van der Waals surface area contributed by atoms with E-state index in [-0.39, 0.29) is 11.8 Å². The topological polar surface area (TPSA) is 76.7 Å². The molecule has 6 nitrogen and oxygen atoms in total. The van der Waals surface area contributed by atoms with Crippen molar-refractivity contribution >= 4 is 23.2 Å². The van der Waals surface area contributed by atoms with E-state index in [1.165, 1.54) is 0 Å². The third kappa shape index (κ3) is 5.43. The number of nitrogens with one attached hydrogen (secondary N) is 2. The molecule has 3 aromatic rings. The first-order valence-electron chi connectivity index (χ1n) is 9.04. The van der Waals surface area contributed by atoms with E-state index in [4.69, 9.17) is 9.47 Å². The largest absolute Gasteiger partial charge is 0.497 e. The number of methoxy groups -OCH3 is 2. The summed E-state index contributed by atoms with van der Waals surface area (Å²) in [5.41, 5.74) is 3.23. The van der Waals surface area contributed by atoms with E-state index in [2.05, 4.69) is 10.6 Å². The van der Waals surface area contributed by atoms with Crippen molar-refractivity contribution in [1.29, 1.82) is 0 Å². The lowest BCUT2D eigenvalue weighted by atomic mass is 10.1. The molecule has 0 radical (unpaired) electrons. The van der Waals surface area contributed by atoms with Gasteiger partial charge in [0, 0.05) is 29.6 Å². The Hall–Kier alpha value is -3.64. The number of rotatable bonds is 7. The van der Waals surface area contributed by atoms with Crippen molar-refractivity contribution in [2.75, 3.05) is 24.9 Å². The van der Waals surface area contributed by atoms with Crippen LogP contribution in [0.5, 0.6) is 5.75 Å². The number of ether oxygens (including phenoxy) is 2. The molecule has 0 unspecified atom stereocenters. The minimum atomic E-state index is -0.236. The number of amides is 2. The summed E-state index contributed by atoms with van der Waals surface area (Å²) in [6, 6.07) is 21.0. The average Bonchev–Trinajstić information content (AvgIpc) is 2.75. The third-order valence-corrected chi connectivity index (χ3v) is 4.25. The molecule has 148 valence electrons. The van der Waals surface area contributed by atoms with Crippen molar-refractivity contribution in [1.82, 2.24) is 0 Å². The van der Waals surface area contributed by atoms with E-state index in [0.29, 0.717) is 29.1 Å². The monoisotopic (exact) mass is 390 g/mol. The fourth-order valence-electron chi connectivity index (χ4n) is 2.75. The molecule has 0 fully saturated rings. The Morgan fingerprint density at radius 1 is 0.759 bits per heavy atom. The van der Waals surface area contributed by atoms with Gasteiger partial charge in [-0.25, -0.2) is 0 Å². The van der Waals surface area contributed by atoms with E-state index in [1.807, 2.05) is 12.1 Å². The van der Waals surface area contributed by atoms with Crippen molar-refractivity contribution in [2.45, 2.75) is 6.61 Å². The molecule has 0 spiro atoms. The maximum atomic E-state index is 12.4. The molecule has 0 aliphatic carbocycles. The smallest absolute Gasteiger partial charge is 0.255 e. The van der Waals surface area contributed by atoms with Crippen LogP contribution in [0.15, 0.2) is 72.8 Å². The fourth-order valence-corrected chi connectivity index (χ4v) is 2.75. The van der Waals surface area contributed by atoms with Crippen molar-refractivity contribution in [3.8, 4) is 5.75 Å². The highest BCUT2D eigenvalue weighted by Crippen LogP contribution is 2.17. The van der Waals surface area contributed by atoms with E-state index >= 15 is 0 Å². The number of carbonyl (C=O) groups excluding carboxylic acids is 2. The Morgan fingerprint density at radius 3 is 1.93 bits per heavy atom. The summed E-state index contributed by atoms with van der Waals surface area (Å²) in [6.07, 6.45) is 0.